The molecule has 6 heteroatoms. The van der Waals surface area contributed by atoms with Gasteiger partial charge in [0.1, 0.15) is 0 Å². The average Bonchev–Trinajstić information content (AvgIpc) is 3.19. The molecular formula is C22H21NO5. The van der Waals surface area contributed by atoms with Crippen molar-refractivity contribution in [3.63, 3.8) is 0 Å². The zero-order valence-corrected chi connectivity index (χ0v) is 15.4. The summed E-state index contributed by atoms with van der Waals surface area (Å²) in [6.45, 7) is -0.103. The van der Waals surface area contributed by atoms with Gasteiger partial charge < -0.3 is 19.5 Å². The lowest BCUT2D eigenvalue weighted by molar-refractivity contribution is -0.144. The smallest absolute Gasteiger partial charge is 0.331 e. The van der Waals surface area contributed by atoms with Crippen molar-refractivity contribution in [2.45, 2.75) is 25.3 Å². The topological polar surface area (TPSA) is 73.9 Å². The first-order chi connectivity index (χ1) is 13.7. The number of aryl methyl sites for hydroxylation is 1. The van der Waals surface area contributed by atoms with Crippen LogP contribution >= 0.6 is 0 Å². The van der Waals surface area contributed by atoms with E-state index >= 15 is 0 Å². The van der Waals surface area contributed by atoms with Gasteiger partial charge in [0.25, 0.3) is 5.91 Å². The summed E-state index contributed by atoms with van der Waals surface area (Å²) in [5, 5.41) is 2.96. The quantitative estimate of drug-likeness (QED) is 0.638. The first-order valence-corrected chi connectivity index (χ1v) is 9.31. The number of hydrogen-bond acceptors (Lipinski definition) is 5. The molecule has 1 aliphatic heterocycles. The summed E-state index contributed by atoms with van der Waals surface area (Å²) in [4.78, 5) is 24.1. The Balaban J connectivity index is 1.27. The van der Waals surface area contributed by atoms with Crippen LogP contribution in [0.3, 0.4) is 0 Å². The molecule has 0 radical (unpaired) electrons. The molecule has 1 amide bonds. The molecule has 1 N–H and O–H groups in total. The van der Waals surface area contributed by atoms with Crippen LogP contribution in [0.15, 0.2) is 48.5 Å². The molecule has 1 aliphatic carbocycles. The van der Waals surface area contributed by atoms with Crippen LogP contribution in [0.25, 0.3) is 6.08 Å². The monoisotopic (exact) mass is 379 g/mol. The van der Waals surface area contributed by atoms with E-state index in [0.717, 1.165) is 30.4 Å². The molecule has 2 aliphatic rings. The molecule has 6 nitrogen and oxygen atoms in total. The average molecular weight is 379 g/mol. The summed E-state index contributed by atoms with van der Waals surface area (Å²) in [7, 11) is 0. The Hall–Kier alpha value is -3.28. The third-order valence-electron chi connectivity index (χ3n) is 4.86. The molecule has 0 aromatic heterocycles. The second kappa shape index (κ2) is 8.17. The minimum Gasteiger partial charge on any atom is -0.454 e. The first kappa shape index (κ1) is 18.1. The Morgan fingerprint density at radius 2 is 2.00 bits per heavy atom. The van der Waals surface area contributed by atoms with Crippen LogP contribution < -0.4 is 14.8 Å². The number of hydrogen-bond donors (Lipinski definition) is 1. The van der Waals surface area contributed by atoms with Crippen molar-refractivity contribution < 1.29 is 23.8 Å². The molecule has 0 saturated carbocycles. The Morgan fingerprint density at radius 3 is 2.93 bits per heavy atom. The van der Waals surface area contributed by atoms with Crippen LogP contribution in [-0.4, -0.2) is 25.3 Å². The minimum absolute atomic E-state index is 0.0275. The van der Waals surface area contributed by atoms with Crippen molar-refractivity contribution in [2.75, 3.05) is 13.4 Å². The SMILES string of the molecule is O=C(COC(=O)/C=C/c1ccc2c(c1)OCO2)N[C@H]1CCCc2ccccc21. The predicted octanol–water partition coefficient (Wildman–Crippen LogP) is 3.17. The van der Waals surface area contributed by atoms with Gasteiger partial charge in [0.05, 0.1) is 6.04 Å². The summed E-state index contributed by atoms with van der Waals surface area (Å²) >= 11 is 0. The van der Waals surface area contributed by atoms with Crippen LogP contribution in [0.2, 0.25) is 0 Å². The summed E-state index contributed by atoms with van der Waals surface area (Å²) in [5.74, 6) is 0.451. The summed E-state index contributed by atoms with van der Waals surface area (Å²) in [5.41, 5.74) is 3.20. The van der Waals surface area contributed by atoms with Gasteiger partial charge in [0.15, 0.2) is 18.1 Å². The highest BCUT2D eigenvalue weighted by atomic mass is 16.7. The van der Waals surface area contributed by atoms with E-state index in [1.54, 1.807) is 18.2 Å². The van der Waals surface area contributed by atoms with Gasteiger partial charge >= 0.3 is 5.97 Å². The number of fused-ring (bicyclic) bond motifs is 2. The lowest BCUT2D eigenvalue weighted by Gasteiger charge is -2.26. The number of carbonyl (C=O) groups is 2. The standard InChI is InChI=1S/C22H21NO5/c24-21(23-18-7-3-5-16-4-1-2-6-17(16)18)13-26-22(25)11-9-15-8-10-19-20(12-15)28-14-27-19/h1-2,4,6,8-12,18H,3,5,7,13-14H2,(H,23,24)/b11-9+/t18-/m0/s1. The fourth-order valence-electron chi connectivity index (χ4n) is 3.51. The number of benzene rings is 2. The Bertz CT molecular complexity index is 921. The van der Waals surface area contributed by atoms with Crippen molar-refractivity contribution in [3.05, 3.63) is 65.2 Å². The number of carbonyl (C=O) groups excluding carboxylic acids is 2. The van der Waals surface area contributed by atoms with E-state index in [0.29, 0.717) is 11.5 Å². The maximum Gasteiger partial charge on any atom is 0.331 e. The molecule has 2 aromatic carbocycles. The molecule has 2 aromatic rings. The highest BCUT2D eigenvalue weighted by Gasteiger charge is 2.21. The molecule has 0 fully saturated rings. The van der Waals surface area contributed by atoms with Gasteiger partial charge in [0.2, 0.25) is 6.79 Å². The normalized spacial score (nSPS) is 17.2. The number of amides is 1. The van der Waals surface area contributed by atoms with Gasteiger partial charge in [-0.2, -0.15) is 0 Å². The number of ether oxygens (including phenoxy) is 3. The van der Waals surface area contributed by atoms with Crippen LogP contribution in [-0.2, 0) is 20.7 Å². The van der Waals surface area contributed by atoms with E-state index in [1.807, 2.05) is 24.3 Å². The Morgan fingerprint density at radius 1 is 1.14 bits per heavy atom. The largest absolute Gasteiger partial charge is 0.454 e. The molecule has 0 saturated heterocycles. The van der Waals surface area contributed by atoms with Crippen molar-refractivity contribution in [1.29, 1.82) is 0 Å². The molecular weight excluding hydrogens is 358 g/mol. The minimum atomic E-state index is -0.572. The third-order valence-corrected chi connectivity index (χ3v) is 4.86. The van der Waals surface area contributed by atoms with Gasteiger partial charge in [-0.05, 0) is 54.2 Å². The summed E-state index contributed by atoms with van der Waals surface area (Å²) in [6, 6.07) is 13.5. The van der Waals surface area contributed by atoms with E-state index in [2.05, 4.69) is 11.4 Å². The zero-order chi connectivity index (χ0) is 19.3. The van der Waals surface area contributed by atoms with Gasteiger partial charge in [-0.1, -0.05) is 30.3 Å². The molecule has 0 unspecified atom stereocenters. The highest BCUT2D eigenvalue weighted by Crippen LogP contribution is 2.33. The molecule has 1 atom stereocenters. The van der Waals surface area contributed by atoms with E-state index in [1.165, 1.54) is 11.6 Å². The lowest BCUT2D eigenvalue weighted by atomic mass is 9.88. The van der Waals surface area contributed by atoms with Crippen LogP contribution in [0.5, 0.6) is 11.5 Å². The fraction of sp³-hybridized carbons (Fsp3) is 0.273. The maximum atomic E-state index is 12.2. The van der Waals surface area contributed by atoms with Gasteiger partial charge in [-0.15, -0.1) is 0 Å². The maximum absolute atomic E-state index is 12.2. The summed E-state index contributed by atoms with van der Waals surface area (Å²) < 4.78 is 15.6. The number of rotatable bonds is 5. The van der Waals surface area contributed by atoms with Crippen molar-refractivity contribution >= 4 is 18.0 Å². The van der Waals surface area contributed by atoms with Crippen molar-refractivity contribution in [1.82, 2.24) is 5.32 Å². The van der Waals surface area contributed by atoms with E-state index in [-0.39, 0.29) is 25.3 Å². The van der Waals surface area contributed by atoms with E-state index in [9.17, 15) is 9.59 Å². The molecule has 144 valence electrons. The van der Waals surface area contributed by atoms with Crippen molar-refractivity contribution in [2.24, 2.45) is 0 Å². The first-order valence-electron chi connectivity index (χ1n) is 9.31. The van der Waals surface area contributed by atoms with E-state index < -0.39 is 5.97 Å². The van der Waals surface area contributed by atoms with Gasteiger partial charge in [0, 0.05) is 6.08 Å². The van der Waals surface area contributed by atoms with Gasteiger partial charge in [-0.3, -0.25) is 4.79 Å². The number of nitrogens with one attached hydrogen (secondary N) is 1. The summed E-state index contributed by atoms with van der Waals surface area (Å²) in [6.07, 6.45) is 5.85. The van der Waals surface area contributed by atoms with Crippen LogP contribution in [0.1, 0.15) is 35.6 Å². The second-order valence-electron chi connectivity index (χ2n) is 6.76. The molecule has 28 heavy (non-hydrogen) atoms. The third kappa shape index (κ3) is 4.17. The second-order valence-corrected chi connectivity index (χ2v) is 6.76. The van der Waals surface area contributed by atoms with Gasteiger partial charge in [-0.25, -0.2) is 4.79 Å². The van der Waals surface area contributed by atoms with Crippen molar-refractivity contribution in [3.8, 4) is 11.5 Å². The fourth-order valence-corrected chi connectivity index (χ4v) is 3.51. The zero-order valence-electron chi connectivity index (χ0n) is 15.4. The Kier molecular flexibility index (Phi) is 5.28. The molecule has 1 heterocycles. The molecule has 0 bridgehead atoms. The lowest BCUT2D eigenvalue weighted by Crippen LogP contribution is -2.34. The highest BCUT2D eigenvalue weighted by molar-refractivity contribution is 5.89. The molecule has 0 spiro atoms. The van der Waals surface area contributed by atoms with Crippen LogP contribution in [0, 0.1) is 0 Å². The van der Waals surface area contributed by atoms with E-state index in [4.69, 9.17) is 14.2 Å². The predicted molar refractivity (Wildman–Crippen MR) is 103 cm³/mol. The molecule has 4 rings (SSSR count). The number of esters is 1. The Labute approximate surface area is 163 Å². The van der Waals surface area contributed by atoms with Crippen LogP contribution in [0.4, 0.5) is 0 Å².